The molecular weight excluding hydrogens is 599 g/mol. The second-order valence-corrected chi connectivity index (χ2v) is 12.3. The Morgan fingerprint density at radius 2 is 1.69 bits per heavy atom. The fourth-order valence-electron chi connectivity index (χ4n) is 3.96. The number of para-hydroxylation sites is 1. The number of hydrogen-bond donors (Lipinski definition) is 1. The van der Waals surface area contributed by atoms with Gasteiger partial charge in [0, 0.05) is 5.25 Å². The number of rotatable bonds is 10. The standard InChI is InChI=1S/C24H25Cl3N2O9S/c1-12-15(9-14(21(32)35-2)22(33)36-3)39-20-17(28-16(30)10-37-13-7-5-4-6-8-13)19(31)29(20)18(12)23(34)38-11-24(25,26)27/h4-8,14-15,17,20H,9-11H2,1-3H3,(H,28,30)/t15?,17?,20-/m0/s1. The summed E-state index contributed by atoms with van der Waals surface area (Å²) in [6.45, 7) is 0.606. The van der Waals surface area contributed by atoms with Crippen LogP contribution in [-0.4, -0.2) is 82.5 Å². The SMILES string of the molecule is COC(=O)C(CC1S[C@H]2C(NC(=O)COc3ccccc3)C(=O)N2C(C(=O)OCC(Cl)(Cl)Cl)=C1C)C(=O)OC. The first kappa shape index (κ1) is 30.9. The number of benzene rings is 1. The summed E-state index contributed by atoms with van der Waals surface area (Å²) in [6.07, 6.45) is -0.118. The van der Waals surface area contributed by atoms with Gasteiger partial charge in [0.1, 0.15) is 29.5 Å². The minimum absolute atomic E-state index is 0.118. The molecule has 2 unspecified atom stereocenters. The Labute approximate surface area is 243 Å². The predicted octanol–water partition coefficient (Wildman–Crippen LogP) is 2.37. The maximum absolute atomic E-state index is 13.1. The van der Waals surface area contributed by atoms with Crippen LogP contribution < -0.4 is 10.1 Å². The normalized spacial score (nSPS) is 20.5. The van der Waals surface area contributed by atoms with Gasteiger partial charge in [0.2, 0.25) is 3.79 Å². The van der Waals surface area contributed by atoms with Crippen LogP contribution in [-0.2, 0) is 38.2 Å². The van der Waals surface area contributed by atoms with Gasteiger partial charge >= 0.3 is 17.9 Å². The lowest BCUT2D eigenvalue weighted by atomic mass is 9.95. The van der Waals surface area contributed by atoms with Crippen molar-refractivity contribution >= 4 is 76.3 Å². The number of β-lactam (4-membered cyclic amide) rings is 1. The van der Waals surface area contributed by atoms with Crippen molar-refractivity contribution < 1.29 is 42.9 Å². The number of amides is 2. The molecule has 0 aromatic heterocycles. The van der Waals surface area contributed by atoms with Crippen LogP contribution in [0.5, 0.6) is 5.75 Å². The molecule has 0 bridgehead atoms. The van der Waals surface area contributed by atoms with E-state index in [0.29, 0.717) is 11.3 Å². The van der Waals surface area contributed by atoms with Crippen LogP contribution in [0, 0.1) is 5.92 Å². The molecule has 15 heteroatoms. The quantitative estimate of drug-likeness (QED) is 0.136. The van der Waals surface area contributed by atoms with E-state index in [0.717, 1.165) is 14.2 Å². The van der Waals surface area contributed by atoms with Crippen LogP contribution in [0.3, 0.4) is 0 Å². The lowest BCUT2D eigenvalue weighted by Gasteiger charge is -2.51. The molecule has 2 aliphatic heterocycles. The average Bonchev–Trinajstić information content (AvgIpc) is 2.91. The van der Waals surface area contributed by atoms with Crippen molar-refractivity contribution in [2.24, 2.45) is 5.92 Å². The molecule has 3 rings (SSSR count). The molecule has 1 aromatic rings. The van der Waals surface area contributed by atoms with Crippen molar-refractivity contribution in [1.82, 2.24) is 10.2 Å². The number of halogens is 3. The van der Waals surface area contributed by atoms with Crippen molar-refractivity contribution in [3.05, 3.63) is 41.6 Å². The second-order valence-electron chi connectivity index (χ2n) is 8.43. The molecule has 1 N–H and O–H groups in total. The molecule has 2 aliphatic rings. The molecule has 1 fully saturated rings. The van der Waals surface area contributed by atoms with Gasteiger partial charge in [-0.25, -0.2) is 4.79 Å². The van der Waals surface area contributed by atoms with E-state index < -0.39 is 62.7 Å². The highest BCUT2D eigenvalue weighted by molar-refractivity contribution is 8.00. The molecular formula is C24H25Cl3N2O9S. The Hall–Kier alpha value is -2.67. The van der Waals surface area contributed by atoms with Crippen LogP contribution in [0.25, 0.3) is 0 Å². The van der Waals surface area contributed by atoms with Gasteiger partial charge in [-0.1, -0.05) is 53.0 Å². The van der Waals surface area contributed by atoms with E-state index in [-0.39, 0.29) is 18.7 Å². The van der Waals surface area contributed by atoms with Gasteiger partial charge in [-0.2, -0.15) is 0 Å². The smallest absolute Gasteiger partial charge is 0.355 e. The first-order valence-corrected chi connectivity index (χ1v) is 13.5. The van der Waals surface area contributed by atoms with Crippen molar-refractivity contribution in [1.29, 1.82) is 0 Å². The van der Waals surface area contributed by atoms with Gasteiger partial charge in [0.15, 0.2) is 12.5 Å². The Balaban J connectivity index is 1.83. The summed E-state index contributed by atoms with van der Waals surface area (Å²) in [7, 11) is 2.26. The van der Waals surface area contributed by atoms with Gasteiger partial charge in [0.05, 0.1) is 14.2 Å². The molecule has 1 saturated heterocycles. The number of nitrogens with one attached hydrogen (secondary N) is 1. The molecule has 0 saturated carbocycles. The van der Waals surface area contributed by atoms with E-state index >= 15 is 0 Å². The van der Waals surface area contributed by atoms with Crippen molar-refractivity contribution in [2.45, 2.75) is 33.8 Å². The predicted molar refractivity (Wildman–Crippen MR) is 142 cm³/mol. The lowest BCUT2D eigenvalue weighted by molar-refractivity contribution is -0.159. The van der Waals surface area contributed by atoms with E-state index in [1.54, 1.807) is 37.3 Å². The molecule has 0 radical (unpaired) electrons. The van der Waals surface area contributed by atoms with E-state index in [1.165, 1.54) is 16.7 Å². The van der Waals surface area contributed by atoms with Crippen LogP contribution in [0.1, 0.15) is 13.3 Å². The maximum Gasteiger partial charge on any atom is 0.355 e. The molecule has 1 aromatic carbocycles. The molecule has 11 nitrogen and oxygen atoms in total. The van der Waals surface area contributed by atoms with E-state index in [2.05, 4.69) is 5.32 Å². The number of carbonyl (C=O) groups is 5. The zero-order valence-corrected chi connectivity index (χ0v) is 24.1. The number of nitrogens with zero attached hydrogens (tertiary/aromatic N) is 1. The minimum atomic E-state index is -1.90. The molecule has 0 aliphatic carbocycles. The van der Waals surface area contributed by atoms with Crippen LogP contribution in [0.2, 0.25) is 0 Å². The highest BCUT2D eigenvalue weighted by Gasteiger charge is 2.56. The van der Waals surface area contributed by atoms with Crippen LogP contribution in [0.15, 0.2) is 41.6 Å². The van der Waals surface area contributed by atoms with E-state index in [4.69, 9.17) is 53.8 Å². The van der Waals surface area contributed by atoms with Gasteiger partial charge < -0.3 is 24.3 Å². The number of alkyl halides is 3. The van der Waals surface area contributed by atoms with Crippen molar-refractivity contribution in [3.8, 4) is 5.75 Å². The number of methoxy groups -OCH3 is 2. The summed E-state index contributed by atoms with van der Waals surface area (Å²) in [4.78, 5) is 64.5. The van der Waals surface area contributed by atoms with Gasteiger partial charge in [0.25, 0.3) is 11.8 Å². The third-order valence-corrected chi connectivity index (χ3v) is 7.82. The van der Waals surface area contributed by atoms with Crippen molar-refractivity contribution in [2.75, 3.05) is 27.4 Å². The number of thioether (sulfide) groups is 1. The largest absolute Gasteiger partial charge is 0.484 e. The third kappa shape index (κ3) is 7.50. The molecule has 3 atom stereocenters. The minimum Gasteiger partial charge on any atom is -0.484 e. The Bertz CT molecular complexity index is 1140. The Morgan fingerprint density at radius 3 is 2.26 bits per heavy atom. The first-order chi connectivity index (χ1) is 18.4. The van der Waals surface area contributed by atoms with Crippen LogP contribution >= 0.6 is 46.6 Å². The summed E-state index contributed by atoms with van der Waals surface area (Å²) in [5.41, 5.74) is 0.205. The van der Waals surface area contributed by atoms with Gasteiger partial charge in [-0.05, 0) is 31.1 Å². The number of ether oxygens (including phenoxy) is 4. The highest BCUT2D eigenvalue weighted by Crippen LogP contribution is 2.46. The highest BCUT2D eigenvalue weighted by atomic mass is 35.6. The fourth-order valence-corrected chi connectivity index (χ4v) is 5.75. The van der Waals surface area contributed by atoms with Gasteiger partial charge in [-0.3, -0.25) is 24.1 Å². The molecule has 212 valence electrons. The average molecular weight is 624 g/mol. The summed E-state index contributed by atoms with van der Waals surface area (Å²) in [6, 6.07) is 7.60. The molecule has 2 heterocycles. The monoisotopic (exact) mass is 622 g/mol. The summed E-state index contributed by atoms with van der Waals surface area (Å²) < 4.78 is 18.1. The lowest BCUT2D eigenvalue weighted by Crippen LogP contribution is -2.71. The zero-order valence-electron chi connectivity index (χ0n) is 21.0. The number of carbonyl (C=O) groups excluding carboxylic acids is 5. The number of esters is 3. The molecule has 0 spiro atoms. The Morgan fingerprint density at radius 1 is 1.08 bits per heavy atom. The van der Waals surface area contributed by atoms with Crippen molar-refractivity contribution in [3.63, 3.8) is 0 Å². The summed E-state index contributed by atoms with van der Waals surface area (Å²) in [5, 5.41) is 1.19. The van der Waals surface area contributed by atoms with Gasteiger partial charge in [-0.15, -0.1) is 11.8 Å². The topological polar surface area (TPSA) is 138 Å². The zero-order chi connectivity index (χ0) is 28.9. The Kier molecular flexibility index (Phi) is 10.4. The fraction of sp³-hybridized carbons (Fsp3) is 0.458. The van der Waals surface area contributed by atoms with E-state index in [9.17, 15) is 24.0 Å². The maximum atomic E-state index is 13.1. The number of fused-ring (bicyclic) bond motifs is 1. The second kappa shape index (κ2) is 13.1. The molecule has 2 amide bonds. The summed E-state index contributed by atoms with van der Waals surface area (Å²) >= 11 is 18.3. The van der Waals surface area contributed by atoms with E-state index in [1.807, 2.05) is 0 Å². The van der Waals surface area contributed by atoms with Crippen LogP contribution in [0.4, 0.5) is 0 Å². The number of hydrogen-bond acceptors (Lipinski definition) is 10. The summed E-state index contributed by atoms with van der Waals surface area (Å²) in [5.74, 6) is -4.58. The molecule has 39 heavy (non-hydrogen) atoms. The third-order valence-electron chi connectivity index (χ3n) is 5.86. The first-order valence-electron chi connectivity index (χ1n) is 11.4.